The number of amides is 1. The fourth-order valence-corrected chi connectivity index (χ4v) is 3.61. The number of fused-ring (bicyclic) bond motifs is 1. The topological polar surface area (TPSA) is 45.3 Å². The second-order valence-electron chi connectivity index (χ2n) is 6.69. The fourth-order valence-electron chi connectivity index (χ4n) is 3.61. The van der Waals surface area contributed by atoms with Crippen molar-refractivity contribution in [3.8, 4) is 5.75 Å². The zero-order chi connectivity index (χ0) is 19.8. The molecular formula is C20H16F4N2O2. The van der Waals surface area contributed by atoms with Crippen LogP contribution in [0, 0.1) is 23.3 Å². The van der Waals surface area contributed by atoms with Crippen molar-refractivity contribution in [1.29, 1.82) is 0 Å². The summed E-state index contributed by atoms with van der Waals surface area (Å²) in [6.07, 6.45) is 1.79. The third kappa shape index (κ3) is 3.08. The lowest BCUT2D eigenvalue weighted by Gasteiger charge is -2.31. The molecule has 0 aliphatic carbocycles. The average molecular weight is 392 g/mol. The van der Waals surface area contributed by atoms with E-state index in [1.165, 1.54) is 11.1 Å². The molecule has 1 amide bonds. The predicted octanol–water partition coefficient (Wildman–Crippen LogP) is 5.10. The summed E-state index contributed by atoms with van der Waals surface area (Å²) in [6.45, 7) is 0.688. The molecule has 1 aromatic heterocycles. The first-order chi connectivity index (χ1) is 13.5. The van der Waals surface area contributed by atoms with Crippen molar-refractivity contribution in [2.75, 3.05) is 13.1 Å². The van der Waals surface area contributed by atoms with E-state index < -0.39 is 34.9 Å². The summed E-state index contributed by atoms with van der Waals surface area (Å²) in [5, 5.41) is -0.276. The van der Waals surface area contributed by atoms with Crippen LogP contribution in [0.15, 0.2) is 36.5 Å². The molecule has 0 bridgehead atoms. The molecule has 8 heteroatoms. The van der Waals surface area contributed by atoms with Crippen molar-refractivity contribution in [1.82, 2.24) is 9.88 Å². The fraction of sp³-hybridized carbons (Fsp3) is 0.250. The molecule has 1 saturated heterocycles. The van der Waals surface area contributed by atoms with E-state index in [0.717, 1.165) is 0 Å². The maximum absolute atomic E-state index is 14.2. The van der Waals surface area contributed by atoms with E-state index in [0.29, 0.717) is 37.2 Å². The Morgan fingerprint density at radius 2 is 1.61 bits per heavy atom. The Balaban J connectivity index is 1.51. The molecule has 0 spiro atoms. The van der Waals surface area contributed by atoms with E-state index in [-0.39, 0.29) is 11.3 Å². The average Bonchev–Trinajstić information content (AvgIpc) is 3.17. The van der Waals surface area contributed by atoms with Crippen molar-refractivity contribution in [2.45, 2.75) is 18.8 Å². The van der Waals surface area contributed by atoms with Crippen LogP contribution < -0.4 is 4.74 Å². The Morgan fingerprint density at radius 1 is 0.964 bits per heavy atom. The summed E-state index contributed by atoms with van der Waals surface area (Å²) in [7, 11) is 0. The van der Waals surface area contributed by atoms with E-state index in [1.54, 1.807) is 30.3 Å². The summed E-state index contributed by atoms with van der Waals surface area (Å²) in [5.41, 5.74) is -0.0151. The van der Waals surface area contributed by atoms with E-state index in [1.807, 2.05) is 0 Å². The first-order valence-electron chi connectivity index (χ1n) is 8.82. The molecule has 146 valence electrons. The van der Waals surface area contributed by atoms with Gasteiger partial charge in [0.2, 0.25) is 0 Å². The van der Waals surface area contributed by atoms with Crippen LogP contribution in [0.4, 0.5) is 22.4 Å². The first-order valence-corrected chi connectivity index (χ1v) is 8.82. The van der Waals surface area contributed by atoms with E-state index >= 15 is 0 Å². The molecule has 4 nitrogen and oxygen atoms in total. The number of aromatic amines is 1. The first kappa shape index (κ1) is 18.3. The molecule has 3 aromatic rings. The number of hydrogen-bond donors (Lipinski definition) is 1. The number of hydrogen-bond acceptors (Lipinski definition) is 2. The molecule has 2 heterocycles. The van der Waals surface area contributed by atoms with Crippen molar-refractivity contribution in [2.24, 2.45) is 0 Å². The van der Waals surface area contributed by atoms with Gasteiger partial charge in [0, 0.05) is 24.7 Å². The van der Waals surface area contributed by atoms with Gasteiger partial charge in [0.25, 0.3) is 0 Å². The number of ether oxygens (including phenoxy) is 1. The summed E-state index contributed by atoms with van der Waals surface area (Å²) >= 11 is 0. The molecule has 2 aromatic carbocycles. The smallest absolute Gasteiger partial charge is 0.410 e. The van der Waals surface area contributed by atoms with Gasteiger partial charge in [-0.3, -0.25) is 0 Å². The van der Waals surface area contributed by atoms with Gasteiger partial charge in [0.05, 0.1) is 5.52 Å². The number of nitrogens with one attached hydrogen (secondary N) is 1. The van der Waals surface area contributed by atoms with Crippen molar-refractivity contribution in [3.05, 3.63) is 65.4 Å². The van der Waals surface area contributed by atoms with Crippen LogP contribution in [0.25, 0.3) is 10.9 Å². The van der Waals surface area contributed by atoms with Crippen LogP contribution in [0.3, 0.4) is 0 Å². The van der Waals surface area contributed by atoms with Gasteiger partial charge in [-0.1, -0.05) is 18.2 Å². The molecular weight excluding hydrogens is 376 g/mol. The lowest BCUT2D eigenvalue weighted by Crippen LogP contribution is -2.39. The molecule has 1 fully saturated rings. The van der Waals surface area contributed by atoms with Crippen molar-refractivity contribution < 1.29 is 27.1 Å². The standard InChI is InChI=1S/C20H16F4N2O2/c21-15-14-13(10-25-19(14)18(24)17(23)16(15)22)11-6-8-26(9-7-11)20(27)28-12-4-2-1-3-5-12/h1-5,10-11,25H,6-9H2. The third-order valence-corrected chi connectivity index (χ3v) is 5.07. The van der Waals surface area contributed by atoms with Crippen LogP contribution >= 0.6 is 0 Å². The molecule has 1 N–H and O–H groups in total. The normalized spacial score (nSPS) is 15.2. The zero-order valence-corrected chi connectivity index (χ0v) is 14.6. The lowest BCUT2D eigenvalue weighted by molar-refractivity contribution is 0.139. The highest BCUT2D eigenvalue weighted by atomic mass is 19.2. The van der Waals surface area contributed by atoms with Gasteiger partial charge in [-0.25, -0.2) is 22.4 Å². The quantitative estimate of drug-likeness (QED) is 0.375. The van der Waals surface area contributed by atoms with E-state index in [4.69, 9.17) is 4.74 Å². The molecule has 0 atom stereocenters. The molecule has 1 aliphatic rings. The Kier molecular flexibility index (Phi) is 4.70. The second-order valence-corrected chi connectivity index (χ2v) is 6.69. The summed E-state index contributed by atoms with van der Waals surface area (Å²) in [4.78, 5) is 16.3. The monoisotopic (exact) mass is 392 g/mol. The Bertz CT molecular complexity index is 1030. The Morgan fingerprint density at radius 3 is 2.29 bits per heavy atom. The van der Waals surface area contributed by atoms with Crippen LogP contribution in [0.1, 0.15) is 24.3 Å². The van der Waals surface area contributed by atoms with Crippen LogP contribution in [0.2, 0.25) is 0 Å². The lowest BCUT2D eigenvalue weighted by atomic mass is 9.89. The van der Waals surface area contributed by atoms with Gasteiger partial charge in [0.1, 0.15) is 5.75 Å². The molecule has 0 saturated carbocycles. The van der Waals surface area contributed by atoms with Crippen molar-refractivity contribution >= 4 is 17.0 Å². The number of nitrogens with zero attached hydrogens (tertiary/aromatic N) is 1. The number of aromatic nitrogens is 1. The second kappa shape index (κ2) is 7.18. The predicted molar refractivity (Wildman–Crippen MR) is 94.1 cm³/mol. The highest BCUT2D eigenvalue weighted by molar-refractivity contribution is 5.85. The van der Waals surface area contributed by atoms with Crippen LogP contribution in [-0.4, -0.2) is 29.1 Å². The highest BCUT2D eigenvalue weighted by Crippen LogP contribution is 2.37. The highest BCUT2D eigenvalue weighted by Gasteiger charge is 2.30. The largest absolute Gasteiger partial charge is 0.415 e. The Labute approximate surface area is 157 Å². The number of carbonyl (C=O) groups excluding carboxylic acids is 1. The van der Waals surface area contributed by atoms with Gasteiger partial charge < -0.3 is 14.6 Å². The number of H-pyrrole nitrogens is 1. The summed E-state index contributed by atoms with van der Waals surface area (Å²) < 4.78 is 60.5. The number of benzene rings is 2. The third-order valence-electron chi connectivity index (χ3n) is 5.07. The molecule has 4 rings (SSSR count). The summed E-state index contributed by atoms with van der Waals surface area (Å²) in [6, 6.07) is 8.65. The number of para-hydroxylation sites is 1. The van der Waals surface area contributed by atoms with E-state index in [9.17, 15) is 22.4 Å². The Hall–Kier alpha value is -3.03. The van der Waals surface area contributed by atoms with Gasteiger partial charge in [0.15, 0.2) is 23.3 Å². The molecule has 1 aliphatic heterocycles. The van der Waals surface area contributed by atoms with Crippen LogP contribution in [0.5, 0.6) is 5.75 Å². The minimum atomic E-state index is -1.84. The molecule has 0 radical (unpaired) electrons. The molecule has 28 heavy (non-hydrogen) atoms. The maximum atomic E-state index is 14.2. The minimum Gasteiger partial charge on any atom is -0.410 e. The number of carbonyl (C=O) groups is 1. The van der Waals surface area contributed by atoms with Gasteiger partial charge in [-0.2, -0.15) is 0 Å². The van der Waals surface area contributed by atoms with Gasteiger partial charge >= 0.3 is 6.09 Å². The maximum Gasteiger partial charge on any atom is 0.415 e. The van der Waals surface area contributed by atoms with Gasteiger partial charge in [-0.15, -0.1) is 0 Å². The zero-order valence-electron chi connectivity index (χ0n) is 14.6. The van der Waals surface area contributed by atoms with E-state index in [2.05, 4.69) is 4.98 Å². The van der Waals surface area contributed by atoms with Gasteiger partial charge in [-0.05, 0) is 36.5 Å². The number of likely N-dealkylation sites (tertiary alicyclic amines) is 1. The number of rotatable bonds is 2. The van der Waals surface area contributed by atoms with Crippen molar-refractivity contribution in [3.63, 3.8) is 0 Å². The number of piperidine rings is 1. The SMILES string of the molecule is O=C(Oc1ccccc1)N1CCC(c2c[nH]c3c(F)c(F)c(F)c(F)c23)CC1. The van der Waals surface area contributed by atoms with Crippen LogP contribution in [-0.2, 0) is 0 Å². The summed E-state index contributed by atoms with van der Waals surface area (Å²) in [5.74, 6) is -6.30. The number of halogens is 4. The molecule has 0 unspecified atom stereocenters. The minimum absolute atomic E-state index is 0.228.